The fourth-order valence-corrected chi connectivity index (χ4v) is 3.63. The molecular weight excluding hydrogens is 372 g/mol. The Balaban J connectivity index is 2.04. The molecule has 2 rings (SSSR count). The first kappa shape index (κ1) is 18.4. The molecule has 0 aliphatic rings. The zero-order valence-corrected chi connectivity index (χ0v) is 15.1. The van der Waals surface area contributed by atoms with Gasteiger partial charge in [0.1, 0.15) is 5.25 Å². The number of aromatic nitrogens is 2. The molecule has 0 aliphatic carbocycles. The summed E-state index contributed by atoms with van der Waals surface area (Å²) in [6.07, 6.45) is 0. The van der Waals surface area contributed by atoms with Gasteiger partial charge in [-0.05, 0) is 31.2 Å². The normalized spacial score (nSPS) is 11.6. The van der Waals surface area contributed by atoms with Gasteiger partial charge in [-0.15, -0.1) is 10.2 Å². The number of benzene rings is 1. The summed E-state index contributed by atoms with van der Waals surface area (Å²) in [6, 6.07) is 6.40. The average molecular weight is 385 g/mol. The fourth-order valence-electron chi connectivity index (χ4n) is 1.63. The summed E-state index contributed by atoms with van der Waals surface area (Å²) in [5.41, 5.74) is 0.427. The van der Waals surface area contributed by atoms with Crippen LogP contribution in [0.4, 0.5) is 5.13 Å². The first-order valence-corrected chi connectivity index (χ1v) is 8.77. The zero-order chi connectivity index (χ0) is 17.7. The number of anilines is 1. The van der Waals surface area contributed by atoms with Crippen LogP contribution in [0.5, 0.6) is 0 Å². The van der Waals surface area contributed by atoms with Gasteiger partial charge in [0.2, 0.25) is 11.0 Å². The Hall–Kier alpha value is -1.97. The molecule has 0 radical (unpaired) electrons. The smallest absolute Gasteiger partial charge is 0.257 e. The molecule has 126 valence electrons. The van der Waals surface area contributed by atoms with Gasteiger partial charge in [-0.3, -0.25) is 19.7 Å². The van der Waals surface area contributed by atoms with Gasteiger partial charge in [0.25, 0.3) is 5.91 Å². The molecule has 1 atom stereocenters. The highest BCUT2D eigenvalue weighted by molar-refractivity contribution is 8.03. The number of ketones is 1. The molecule has 10 heteroatoms. The Kier molecular flexibility index (Phi) is 6.29. The molecule has 2 aromatic rings. The molecule has 1 aromatic carbocycles. The Labute approximate surface area is 151 Å². The average Bonchev–Trinajstić information content (AvgIpc) is 2.99. The molecule has 0 saturated carbocycles. The molecule has 1 heterocycles. The summed E-state index contributed by atoms with van der Waals surface area (Å²) in [7, 11) is 1.46. The standard InChI is InChI=1S/C14H13ClN4O3S2/c1-7(20)10(12(22)16-2)23-14-19-18-13(24-14)17-11(21)8-3-5-9(15)6-4-8/h3-6,10H,1-2H3,(H,16,22)(H,17,18,21)/t10-/m1/s1. The molecule has 0 unspecified atom stereocenters. The maximum Gasteiger partial charge on any atom is 0.257 e. The van der Waals surface area contributed by atoms with E-state index in [1.807, 2.05) is 0 Å². The third kappa shape index (κ3) is 4.76. The molecule has 2 N–H and O–H groups in total. The molecule has 0 spiro atoms. The Bertz CT molecular complexity index is 764. The van der Waals surface area contributed by atoms with E-state index >= 15 is 0 Å². The van der Waals surface area contributed by atoms with Crippen molar-refractivity contribution < 1.29 is 14.4 Å². The van der Waals surface area contributed by atoms with Gasteiger partial charge in [0, 0.05) is 17.6 Å². The van der Waals surface area contributed by atoms with E-state index < -0.39 is 11.2 Å². The molecule has 0 fully saturated rings. The van der Waals surface area contributed by atoms with Crippen LogP contribution in [-0.2, 0) is 9.59 Å². The molecule has 0 bridgehead atoms. The molecule has 24 heavy (non-hydrogen) atoms. The van der Waals surface area contributed by atoms with E-state index in [1.165, 1.54) is 14.0 Å². The van der Waals surface area contributed by atoms with Gasteiger partial charge in [0.15, 0.2) is 10.1 Å². The molecule has 1 aromatic heterocycles. The van der Waals surface area contributed by atoms with Gasteiger partial charge in [-0.25, -0.2) is 0 Å². The van der Waals surface area contributed by atoms with Crippen LogP contribution in [0.1, 0.15) is 17.3 Å². The second-order valence-electron chi connectivity index (χ2n) is 4.56. The van der Waals surface area contributed by atoms with Crippen molar-refractivity contribution in [2.75, 3.05) is 12.4 Å². The van der Waals surface area contributed by atoms with Crippen molar-refractivity contribution in [2.45, 2.75) is 16.5 Å². The number of hydrogen-bond donors (Lipinski definition) is 2. The molecule has 2 amide bonds. The minimum atomic E-state index is -0.900. The highest BCUT2D eigenvalue weighted by atomic mass is 35.5. The Morgan fingerprint density at radius 1 is 1.21 bits per heavy atom. The van der Waals surface area contributed by atoms with E-state index in [0.29, 0.717) is 14.9 Å². The predicted octanol–water partition coefficient (Wildman–Crippen LogP) is 2.24. The van der Waals surface area contributed by atoms with Crippen LogP contribution >= 0.6 is 34.7 Å². The van der Waals surface area contributed by atoms with E-state index in [9.17, 15) is 14.4 Å². The summed E-state index contributed by atoms with van der Waals surface area (Å²) in [6.45, 7) is 1.33. The van der Waals surface area contributed by atoms with Crippen molar-refractivity contribution >= 4 is 57.4 Å². The fraction of sp³-hybridized carbons (Fsp3) is 0.214. The van der Waals surface area contributed by atoms with Gasteiger partial charge >= 0.3 is 0 Å². The largest absolute Gasteiger partial charge is 0.358 e. The maximum atomic E-state index is 12.1. The van der Waals surface area contributed by atoms with Crippen molar-refractivity contribution in [3.63, 3.8) is 0 Å². The van der Waals surface area contributed by atoms with E-state index in [-0.39, 0.29) is 16.8 Å². The van der Waals surface area contributed by atoms with Crippen LogP contribution < -0.4 is 10.6 Å². The lowest BCUT2D eigenvalue weighted by Crippen LogP contribution is -2.34. The molecule has 0 saturated heterocycles. The zero-order valence-electron chi connectivity index (χ0n) is 12.7. The van der Waals surface area contributed by atoms with E-state index in [0.717, 1.165) is 23.1 Å². The van der Waals surface area contributed by atoms with E-state index in [1.54, 1.807) is 24.3 Å². The second kappa shape index (κ2) is 8.22. The predicted molar refractivity (Wildman–Crippen MR) is 93.7 cm³/mol. The lowest BCUT2D eigenvalue weighted by Gasteiger charge is -2.08. The van der Waals surface area contributed by atoms with Gasteiger partial charge in [-0.2, -0.15) is 0 Å². The number of nitrogens with one attached hydrogen (secondary N) is 2. The van der Waals surface area contributed by atoms with E-state index in [2.05, 4.69) is 20.8 Å². The Morgan fingerprint density at radius 2 is 1.88 bits per heavy atom. The summed E-state index contributed by atoms with van der Waals surface area (Å²) in [4.78, 5) is 35.3. The summed E-state index contributed by atoms with van der Waals surface area (Å²) in [5.74, 6) is -1.05. The minimum Gasteiger partial charge on any atom is -0.358 e. The lowest BCUT2D eigenvalue weighted by atomic mass is 10.2. The number of Topliss-reactive ketones (excluding diaryl/α,β-unsaturated/α-hetero) is 1. The van der Waals surface area contributed by atoms with Crippen LogP contribution in [0.15, 0.2) is 28.6 Å². The number of nitrogens with zero attached hydrogens (tertiary/aromatic N) is 2. The van der Waals surface area contributed by atoms with Crippen molar-refractivity contribution in [1.82, 2.24) is 15.5 Å². The number of carbonyl (C=O) groups is 3. The third-order valence-electron chi connectivity index (χ3n) is 2.81. The summed E-state index contributed by atoms with van der Waals surface area (Å²) >= 11 is 7.85. The number of halogens is 1. The van der Waals surface area contributed by atoms with Crippen LogP contribution in [0.2, 0.25) is 5.02 Å². The van der Waals surface area contributed by atoms with Gasteiger partial charge in [-0.1, -0.05) is 34.7 Å². The number of thioether (sulfide) groups is 1. The van der Waals surface area contributed by atoms with Crippen LogP contribution in [0, 0.1) is 0 Å². The van der Waals surface area contributed by atoms with E-state index in [4.69, 9.17) is 11.6 Å². The van der Waals surface area contributed by atoms with Crippen LogP contribution in [0.3, 0.4) is 0 Å². The summed E-state index contributed by atoms with van der Waals surface area (Å²) < 4.78 is 0.408. The Morgan fingerprint density at radius 3 is 2.46 bits per heavy atom. The van der Waals surface area contributed by atoms with Crippen molar-refractivity contribution in [3.8, 4) is 0 Å². The van der Waals surface area contributed by atoms with Gasteiger partial charge in [0.05, 0.1) is 0 Å². The van der Waals surface area contributed by atoms with Crippen LogP contribution in [0.25, 0.3) is 0 Å². The highest BCUT2D eigenvalue weighted by Crippen LogP contribution is 2.29. The number of carbonyl (C=O) groups excluding carboxylic acids is 3. The van der Waals surface area contributed by atoms with Crippen molar-refractivity contribution in [1.29, 1.82) is 0 Å². The summed E-state index contributed by atoms with van der Waals surface area (Å²) in [5, 5.41) is 12.7. The van der Waals surface area contributed by atoms with Crippen molar-refractivity contribution in [3.05, 3.63) is 34.9 Å². The van der Waals surface area contributed by atoms with Gasteiger partial charge < -0.3 is 5.32 Å². The third-order valence-corrected chi connectivity index (χ3v) is 5.29. The first-order chi connectivity index (χ1) is 11.4. The topological polar surface area (TPSA) is 101 Å². The number of amides is 2. The molecule has 7 nitrogen and oxygen atoms in total. The first-order valence-electron chi connectivity index (χ1n) is 6.70. The quantitative estimate of drug-likeness (QED) is 0.450. The molecular formula is C14H13ClN4O3S2. The number of rotatable bonds is 6. The SMILES string of the molecule is CNC(=O)[C@H](Sc1nnc(NC(=O)c2ccc(Cl)cc2)s1)C(C)=O. The van der Waals surface area contributed by atoms with Crippen LogP contribution in [-0.4, -0.2) is 40.1 Å². The molecule has 0 aliphatic heterocycles. The number of hydrogen-bond acceptors (Lipinski definition) is 7. The minimum absolute atomic E-state index is 0.275. The monoisotopic (exact) mass is 384 g/mol. The maximum absolute atomic E-state index is 12.1. The highest BCUT2D eigenvalue weighted by Gasteiger charge is 2.25. The van der Waals surface area contributed by atoms with Crippen molar-refractivity contribution in [2.24, 2.45) is 0 Å². The lowest BCUT2D eigenvalue weighted by molar-refractivity contribution is -0.126. The second-order valence-corrected chi connectivity index (χ2v) is 7.32.